The maximum atomic E-state index is 12.8. The molecule has 1 rings (SSSR count). The first kappa shape index (κ1) is 41.5. The van der Waals surface area contributed by atoms with Gasteiger partial charge in [-0.3, -0.25) is 0 Å². The zero-order valence-electron chi connectivity index (χ0n) is 26.9. The van der Waals surface area contributed by atoms with Crippen LogP contribution < -0.4 is 29.6 Å². The van der Waals surface area contributed by atoms with E-state index in [9.17, 15) is 22.6 Å². The average molecular weight is 629 g/mol. The summed E-state index contributed by atoms with van der Waals surface area (Å²) in [6.07, 6.45) is 27.7. The number of hydrogen-bond donors (Lipinski definition) is 0. The fourth-order valence-electron chi connectivity index (χ4n) is 4.50. The first-order valence-electron chi connectivity index (χ1n) is 16.1. The molecule has 0 aliphatic rings. The second kappa shape index (κ2) is 26.9. The molecule has 0 N–H and O–H groups in total. The topological polar surface area (TPSA) is 110 Å². The van der Waals surface area contributed by atoms with Crippen molar-refractivity contribution in [2.45, 2.75) is 134 Å². The van der Waals surface area contributed by atoms with Gasteiger partial charge in [0.2, 0.25) is 0 Å². The Hall–Kier alpha value is -1.45. The minimum atomic E-state index is -5.01. The summed E-state index contributed by atoms with van der Waals surface area (Å²) < 4.78 is 46.2. The zero-order chi connectivity index (χ0) is 30.9. The minimum absolute atomic E-state index is 0. The molecule has 238 valence electrons. The van der Waals surface area contributed by atoms with Crippen molar-refractivity contribution in [3.8, 4) is 0 Å². The Bertz CT molecular complexity index is 1050. The van der Waals surface area contributed by atoms with Crippen LogP contribution in [0.5, 0.6) is 0 Å². The van der Waals surface area contributed by atoms with Gasteiger partial charge in [-0.05, 0) is 63.5 Å². The molecule has 0 fully saturated rings. The van der Waals surface area contributed by atoms with Crippen molar-refractivity contribution in [2.75, 3.05) is 13.2 Å². The summed E-state index contributed by atoms with van der Waals surface area (Å²) in [7, 11) is -5.01. The second-order valence-corrected chi connectivity index (χ2v) is 12.1. The molecule has 7 nitrogen and oxygen atoms in total. The van der Waals surface area contributed by atoms with Crippen LogP contribution in [-0.2, 0) is 19.6 Å². The van der Waals surface area contributed by atoms with Crippen molar-refractivity contribution in [3.05, 3.63) is 53.6 Å². The fourth-order valence-corrected chi connectivity index (χ4v) is 5.19. The molecule has 0 saturated heterocycles. The Morgan fingerprint density at radius 1 is 0.651 bits per heavy atom. The monoisotopic (exact) mass is 628 g/mol. The number of hydrogen-bond acceptors (Lipinski definition) is 7. The molecule has 0 aliphatic heterocycles. The van der Waals surface area contributed by atoms with E-state index >= 15 is 0 Å². The largest absolute Gasteiger partial charge is 1.00 e. The molecule has 0 aliphatic carbocycles. The summed E-state index contributed by atoms with van der Waals surface area (Å²) in [5, 5.41) is 0. The predicted molar refractivity (Wildman–Crippen MR) is 168 cm³/mol. The van der Waals surface area contributed by atoms with E-state index in [0.29, 0.717) is 12.8 Å². The zero-order valence-corrected chi connectivity index (χ0v) is 29.8. The Morgan fingerprint density at radius 2 is 1.07 bits per heavy atom. The molecule has 1 aromatic rings. The molecule has 0 saturated carbocycles. The van der Waals surface area contributed by atoms with Crippen molar-refractivity contribution in [1.82, 2.24) is 0 Å². The maximum Gasteiger partial charge on any atom is 1.00 e. The molecule has 0 unspecified atom stereocenters. The summed E-state index contributed by atoms with van der Waals surface area (Å²) in [5.74, 6) is -1.84. The molecule has 0 spiro atoms. The van der Waals surface area contributed by atoms with Gasteiger partial charge in [-0.25, -0.2) is 18.0 Å². The van der Waals surface area contributed by atoms with E-state index in [1.807, 2.05) is 0 Å². The van der Waals surface area contributed by atoms with Gasteiger partial charge in [-0.15, -0.1) is 0 Å². The van der Waals surface area contributed by atoms with Crippen LogP contribution in [0.2, 0.25) is 0 Å². The van der Waals surface area contributed by atoms with Crippen LogP contribution in [0.1, 0.15) is 150 Å². The number of esters is 2. The number of carbonyl (C=O) groups is 2. The maximum absolute atomic E-state index is 12.8. The van der Waals surface area contributed by atoms with E-state index in [0.717, 1.165) is 83.1 Å². The van der Waals surface area contributed by atoms with Crippen molar-refractivity contribution in [1.29, 1.82) is 0 Å². The van der Waals surface area contributed by atoms with E-state index in [-0.39, 0.29) is 48.3 Å². The number of benzene rings is 1. The van der Waals surface area contributed by atoms with E-state index in [4.69, 9.17) is 9.47 Å². The van der Waals surface area contributed by atoms with E-state index in [1.165, 1.54) is 37.8 Å². The van der Waals surface area contributed by atoms with Gasteiger partial charge < -0.3 is 14.0 Å². The standard InChI is InChI=1S/C34H54O7S.Na/c1-3-5-7-9-11-13-15-17-19-21-23-28-40-33(35)30-26-25-27-31(42(37,38)39)32(30)34(36)41-29-24-22-20-18-16-14-12-10-8-6-4-2;/h9-12,25-27H,3-8,13-24,28-29H2,1-2H3,(H,37,38,39);/q;+1/p-1/b11-9+,12-10+;. The van der Waals surface area contributed by atoms with Gasteiger partial charge in [0.05, 0.1) is 29.2 Å². The Labute approximate surface area is 283 Å². The van der Waals surface area contributed by atoms with E-state index in [1.54, 1.807) is 0 Å². The Balaban J connectivity index is 0.0000176. The van der Waals surface area contributed by atoms with Crippen LogP contribution in [-0.4, -0.2) is 38.1 Å². The molecule has 43 heavy (non-hydrogen) atoms. The number of ether oxygens (including phenoxy) is 2. The first-order valence-corrected chi connectivity index (χ1v) is 17.5. The number of carbonyl (C=O) groups excluding carboxylic acids is 2. The van der Waals surface area contributed by atoms with Crippen LogP contribution >= 0.6 is 0 Å². The first-order chi connectivity index (χ1) is 20.3. The van der Waals surface area contributed by atoms with E-state index in [2.05, 4.69) is 38.2 Å². The molecular formula is C34H53NaO7S. The van der Waals surface area contributed by atoms with Gasteiger partial charge in [0.1, 0.15) is 10.1 Å². The molecular weight excluding hydrogens is 575 g/mol. The summed E-state index contributed by atoms with van der Waals surface area (Å²) >= 11 is 0. The fraction of sp³-hybridized carbons (Fsp3) is 0.647. The second-order valence-electron chi connectivity index (χ2n) is 10.7. The third-order valence-electron chi connectivity index (χ3n) is 7.00. The van der Waals surface area contributed by atoms with Gasteiger partial charge in [0.25, 0.3) is 0 Å². The number of allylic oxidation sites excluding steroid dienone is 4. The third-order valence-corrected chi connectivity index (χ3v) is 7.88. The third kappa shape index (κ3) is 20.3. The summed E-state index contributed by atoms with van der Waals surface area (Å²) in [6, 6.07) is 3.57. The Morgan fingerprint density at radius 3 is 1.53 bits per heavy atom. The normalized spacial score (nSPS) is 11.6. The van der Waals surface area contributed by atoms with Crippen molar-refractivity contribution < 1.29 is 61.6 Å². The molecule has 9 heteroatoms. The van der Waals surface area contributed by atoms with Gasteiger partial charge in [0, 0.05) is 0 Å². The SMILES string of the molecule is CCCC/C=C/CCCCCCCOC(=O)c1cccc(S(=O)(=O)[O-])c1C(=O)OCCCCCCC/C=C/CCCC.[Na+]. The van der Waals surface area contributed by atoms with Crippen LogP contribution in [0.25, 0.3) is 0 Å². The van der Waals surface area contributed by atoms with Crippen molar-refractivity contribution in [2.24, 2.45) is 0 Å². The molecule has 0 amide bonds. The van der Waals surface area contributed by atoms with Gasteiger partial charge in [0.15, 0.2) is 0 Å². The molecule has 0 heterocycles. The van der Waals surface area contributed by atoms with Gasteiger partial charge in [-0.2, -0.15) is 0 Å². The van der Waals surface area contributed by atoms with Crippen LogP contribution in [0.3, 0.4) is 0 Å². The molecule has 0 aromatic heterocycles. The summed E-state index contributed by atoms with van der Waals surface area (Å²) in [4.78, 5) is 24.8. The Kier molecular flexibility index (Phi) is 26.0. The minimum Gasteiger partial charge on any atom is -0.744 e. The molecule has 1 aromatic carbocycles. The van der Waals surface area contributed by atoms with Crippen LogP contribution in [0, 0.1) is 0 Å². The van der Waals surface area contributed by atoms with Crippen molar-refractivity contribution in [3.63, 3.8) is 0 Å². The van der Waals surface area contributed by atoms with Crippen molar-refractivity contribution >= 4 is 22.1 Å². The van der Waals surface area contributed by atoms with Crippen LogP contribution in [0.4, 0.5) is 0 Å². The van der Waals surface area contributed by atoms with E-state index < -0.39 is 32.5 Å². The quantitative estimate of drug-likeness (QED) is 0.0424. The van der Waals surface area contributed by atoms with Gasteiger partial charge in [-0.1, -0.05) is 108 Å². The number of rotatable bonds is 25. The molecule has 0 bridgehead atoms. The predicted octanol–water partition coefficient (Wildman–Crippen LogP) is 6.08. The summed E-state index contributed by atoms with van der Waals surface area (Å²) in [5.41, 5.74) is -0.807. The smallest absolute Gasteiger partial charge is 0.744 e. The summed E-state index contributed by atoms with van der Waals surface area (Å²) in [6.45, 7) is 4.59. The van der Waals surface area contributed by atoms with Gasteiger partial charge >= 0.3 is 41.5 Å². The van der Waals surface area contributed by atoms with Crippen LogP contribution in [0.15, 0.2) is 47.4 Å². The molecule has 0 radical (unpaired) electrons. The molecule has 0 atom stereocenters. The number of unbranched alkanes of at least 4 members (excludes halogenated alkanes) is 14. The average Bonchev–Trinajstić information content (AvgIpc) is 2.97.